The lowest BCUT2D eigenvalue weighted by Crippen LogP contribution is -2.22. The highest BCUT2D eigenvalue weighted by molar-refractivity contribution is 5.98. The Morgan fingerprint density at radius 1 is 0.875 bits per heavy atom. The van der Waals surface area contributed by atoms with E-state index in [1.54, 1.807) is 19.1 Å². The van der Waals surface area contributed by atoms with Gasteiger partial charge in [-0.2, -0.15) is 0 Å². The predicted octanol–water partition coefficient (Wildman–Crippen LogP) is 4.90. The normalized spacial score (nSPS) is 10.6. The lowest BCUT2D eigenvalue weighted by Gasteiger charge is -2.18. The first-order chi connectivity index (χ1) is 11.6. The van der Waals surface area contributed by atoms with Crippen LogP contribution in [0.4, 0.5) is 10.1 Å². The number of carbonyl (C=O) groups excluding carboxylic acids is 1. The molecule has 0 radical (unpaired) electrons. The van der Waals surface area contributed by atoms with Crippen LogP contribution in [0.2, 0.25) is 0 Å². The highest BCUT2D eigenvalue weighted by atomic mass is 19.1. The molecule has 0 aliphatic rings. The number of rotatable bonds is 4. The molecule has 0 aliphatic heterocycles. The molecule has 0 spiro atoms. The maximum absolute atomic E-state index is 13.7. The van der Waals surface area contributed by atoms with Crippen LogP contribution in [-0.2, 0) is 4.79 Å². The van der Waals surface area contributed by atoms with Gasteiger partial charge in [0.15, 0.2) is 0 Å². The van der Waals surface area contributed by atoms with Gasteiger partial charge in [0.05, 0.1) is 5.92 Å². The largest absolute Gasteiger partial charge is 0.325 e. The summed E-state index contributed by atoms with van der Waals surface area (Å²) in [4.78, 5) is 12.9. The van der Waals surface area contributed by atoms with E-state index in [2.05, 4.69) is 5.32 Å². The molecule has 120 valence electrons. The molecule has 0 saturated carbocycles. The Morgan fingerprint density at radius 2 is 1.42 bits per heavy atom. The van der Waals surface area contributed by atoms with Crippen molar-refractivity contribution in [2.24, 2.45) is 0 Å². The van der Waals surface area contributed by atoms with Crippen molar-refractivity contribution in [3.05, 3.63) is 101 Å². The fraction of sp³-hybridized carbons (Fsp3) is 0.0952. The second-order valence-corrected chi connectivity index (χ2v) is 5.71. The van der Waals surface area contributed by atoms with Crippen molar-refractivity contribution in [1.82, 2.24) is 0 Å². The van der Waals surface area contributed by atoms with E-state index < -0.39 is 5.92 Å². The average molecular weight is 319 g/mol. The van der Waals surface area contributed by atoms with Crippen molar-refractivity contribution in [2.45, 2.75) is 12.8 Å². The minimum Gasteiger partial charge on any atom is -0.325 e. The van der Waals surface area contributed by atoms with Gasteiger partial charge < -0.3 is 5.32 Å². The summed E-state index contributed by atoms with van der Waals surface area (Å²) in [6.45, 7) is 1.69. The molecule has 0 aliphatic carbocycles. The molecule has 0 bridgehead atoms. The number of nitrogens with one attached hydrogen (secondary N) is 1. The average Bonchev–Trinajstić information content (AvgIpc) is 2.60. The van der Waals surface area contributed by atoms with E-state index in [-0.39, 0.29) is 11.7 Å². The number of benzene rings is 3. The minimum atomic E-state index is -0.447. The van der Waals surface area contributed by atoms with Crippen LogP contribution in [0.25, 0.3) is 0 Å². The Hall–Kier alpha value is -2.94. The third-order valence-corrected chi connectivity index (χ3v) is 3.97. The summed E-state index contributed by atoms with van der Waals surface area (Å²) >= 11 is 0. The summed E-state index contributed by atoms with van der Waals surface area (Å²) in [6.07, 6.45) is 0. The van der Waals surface area contributed by atoms with E-state index in [1.807, 2.05) is 60.7 Å². The Balaban J connectivity index is 1.93. The third-order valence-electron chi connectivity index (χ3n) is 3.97. The summed E-state index contributed by atoms with van der Waals surface area (Å²) in [7, 11) is 0. The molecule has 24 heavy (non-hydrogen) atoms. The summed E-state index contributed by atoms with van der Waals surface area (Å²) in [6, 6.07) is 23.9. The molecular formula is C21H18FNO. The van der Waals surface area contributed by atoms with Gasteiger partial charge in [-0.05, 0) is 35.7 Å². The topological polar surface area (TPSA) is 29.1 Å². The zero-order valence-electron chi connectivity index (χ0n) is 13.4. The molecule has 2 nitrogen and oxygen atoms in total. The molecule has 0 fully saturated rings. The lowest BCUT2D eigenvalue weighted by molar-refractivity contribution is -0.116. The van der Waals surface area contributed by atoms with Crippen LogP contribution in [0.1, 0.15) is 22.6 Å². The van der Waals surface area contributed by atoms with Gasteiger partial charge in [0, 0.05) is 5.69 Å². The number of halogens is 1. The highest BCUT2D eigenvalue weighted by Crippen LogP contribution is 2.26. The van der Waals surface area contributed by atoms with Crippen LogP contribution >= 0.6 is 0 Å². The zero-order chi connectivity index (χ0) is 16.9. The van der Waals surface area contributed by atoms with Crippen molar-refractivity contribution < 1.29 is 9.18 Å². The van der Waals surface area contributed by atoms with Gasteiger partial charge in [0.1, 0.15) is 5.82 Å². The van der Waals surface area contributed by atoms with Crippen LogP contribution in [0.15, 0.2) is 78.9 Å². The zero-order valence-corrected chi connectivity index (χ0v) is 13.4. The van der Waals surface area contributed by atoms with E-state index in [0.29, 0.717) is 11.3 Å². The quantitative estimate of drug-likeness (QED) is 0.728. The smallest absolute Gasteiger partial charge is 0.236 e. The molecule has 0 aromatic heterocycles. The van der Waals surface area contributed by atoms with Crippen molar-refractivity contribution >= 4 is 11.6 Å². The van der Waals surface area contributed by atoms with Gasteiger partial charge in [-0.15, -0.1) is 0 Å². The van der Waals surface area contributed by atoms with Gasteiger partial charge in [0.2, 0.25) is 5.91 Å². The van der Waals surface area contributed by atoms with Crippen molar-refractivity contribution in [1.29, 1.82) is 0 Å². The molecule has 3 heteroatoms. The Labute approximate surface area is 141 Å². The molecule has 3 rings (SSSR count). The molecule has 3 aromatic carbocycles. The van der Waals surface area contributed by atoms with Crippen LogP contribution in [-0.4, -0.2) is 5.91 Å². The van der Waals surface area contributed by atoms with E-state index in [9.17, 15) is 9.18 Å². The van der Waals surface area contributed by atoms with Crippen LogP contribution in [0.5, 0.6) is 0 Å². The van der Waals surface area contributed by atoms with E-state index in [0.717, 1.165) is 11.1 Å². The summed E-state index contributed by atoms with van der Waals surface area (Å²) in [5, 5.41) is 2.83. The van der Waals surface area contributed by atoms with Crippen molar-refractivity contribution in [3.63, 3.8) is 0 Å². The molecule has 0 heterocycles. The number of amides is 1. The number of hydrogen-bond donors (Lipinski definition) is 1. The minimum absolute atomic E-state index is 0.185. The monoisotopic (exact) mass is 319 g/mol. The lowest BCUT2D eigenvalue weighted by atomic mass is 9.90. The summed E-state index contributed by atoms with van der Waals surface area (Å²) in [5.41, 5.74) is 2.80. The second kappa shape index (κ2) is 7.09. The van der Waals surface area contributed by atoms with Crippen molar-refractivity contribution in [2.75, 3.05) is 5.32 Å². The van der Waals surface area contributed by atoms with Gasteiger partial charge >= 0.3 is 0 Å². The number of anilines is 1. The maximum atomic E-state index is 13.7. The fourth-order valence-corrected chi connectivity index (χ4v) is 2.67. The number of hydrogen-bond acceptors (Lipinski definition) is 1. The molecule has 3 aromatic rings. The Bertz CT molecular complexity index is 791. The first-order valence-electron chi connectivity index (χ1n) is 7.82. The van der Waals surface area contributed by atoms with E-state index in [1.165, 1.54) is 6.07 Å². The number of aryl methyl sites for hydroxylation is 1. The molecule has 0 unspecified atom stereocenters. The molecule has 1 N–H and O–H groups in total. The summed E-state index contributed by atoms with van der Waals surface area (Å²) < 4.78 is 13.7. The molecule has 0 saturated heterocycles. The Morgan fingerprint density at radius 3 is 1.92 bits per heavy atom. The third kappa shape index (κ3) is 3.51. The van der Waals surface area contributed by atoms with E-state index >= 15 is 0 Å². The van der Waals surface area contributed by atoms with E-state index in [4.69, 9.17) is 0 Å². The van der Waals surface area contributed by atoms with Gasteiger partial charge in [-0.25, -0.2) is 4.39 Å². The van der Waals surface area contributed by atoms with Crippen LogP contribution in [0.3, 0.4) is 0 Å². The molecule has 1 amide bonds. The van der Waals surface area contributed by atoms with Crippen LogP contribution < -0.4 is 5.32 Å². The molecule has 0 atom stereocenters. The fourth-order valence-electron chi connectivity index (χ4n) is 2.67. The van der Waals surface area contributed by atoms with Gasteiger partial charge in [-0.1, -0.05) is 66.7 Å². The first kappa shape index (κ1) is 15.9. The molecular weight excluding hydrogens is 301 g/mol. The summed E-state index contributed by atoms with van der Waals surface area (Å²) in [5.74, 6) is -0.962. The highest BCUT2D eigenvalue weighted by Gasteiger charge is 2.22. The number of carbonyl (C=O) groups is 1. The predicted molar refractivity (Wildman–Crippen MR) is 94.5 cm³/mol. The first-order valence-corrected chi connectivity index (χ1v) is 7.82. The SMILES string of the molecule is Cc1ccc(NC(=O)C(c2ccccc2)c2ccccc2)cc1F. The van der Waals surface area contributed by atoms with Gasteiger partial charge in [0.25, 0.3) is 0 Å². The van der Waals surface area contributed by atoms with Gasteiger partial charge in [-0.3, -0.25) is 4.79 Å². The second-order valence-electron chi connectivity index (χ2n) is 5.71. The van der Waals surface area contributed by atoms with Crippen molar-refractivity contribution in [3.8, 4) is 0 Å². The Kier molecular flexibility index (Phi) is 4.71. The standard InChI is InChI=1S/C21H18FNO/c1-15-12-13-18(14-19(15)22)23-21(24)20(16-8-4-2-5-9-16)17-10-6-3-7-11-17/h2-14,20H,1H3,(H,23,24). The van der Waals surface area contributed by atoms with Crippen LogP contribution in [0, 0.1) is 12.7 Å². The maximum Gasteiger partial charge on any atom is 0.236 e.